The van der Waals surface area contributed by atoms with Crippen molar-refractivity contribution < 1.29 is 8.42 Å². The van der Waals surface area contributed by atoms with Gasteiger partial charge in [-0.2, -0.15) is 0 Å². The smallest absolute Gasteiger partial charge is 0.271 e. The molecule has 3 nitrogen and oxygen atoms in total. The van der Waals surface area contributed by atoms with Crippen LogP contribution in [0.1, 0.15) is 5.56 Å². The monoisotopic (exact) mass is 287 g/mol. The van der Waals surface area contributed by atoms with E-state index in [1.165, 1.54) is 0 Å². The lowest BCUT2D eigenvalue weighted by Gasteiger charge is -2.08. The molecule has 2 aromatic rings. The van der Waals surface area contributed by atoms with Crippen molar-refractivity contribution in [2.45, 2.75) is 11.1 Å². The first-order valence-corrected chi connectivity index (χ1v) is 7.55. The van der Waals surface area contributed by atoms with Crippen molar-refractivity contribution >= 4 is 38.6 Å². The minimum atomic E-state index is -3.52. The number of thiophene rings is 1. The summed E-state index contributed by atoms with van der Waals surface area (Å²) in [7, 11) is -3.52. The maximum atomic E-state index is 11.9. The Morgan fingerprint density at radius 2 is 2.06 bits per heavy atom. The summed E-state index contributed by atoms with van der Waals surface area (Å²) >= 11 is 7.14. The molecule has 0 unspecified atom stereocenters. The van der Waals surface area contributed by atoms with Gasteiger partial charge in [0.15, 0.2) is 0 Å². The van der Waals surface area contributed by atoms with Crippen LogP contribution in [0.2, 0.25) is 5.02 Å². The quantitative estimate of drug-likeness (QED) is 0.939. The van der Waals surface area contributed by atoms with Crippen molar-refractivity contribution in [2.24, 2.45) is 0 Å². The molecule has 90 valence electrons. The van der Waals surface area contributed by atoms with Crippen LogP contribution in [-0.4, -0.2) is 8.42 Å². The second-order valence-electron chi connectivity index (χ2n) is 3.52. The van der Waals surface area contributed by atoms with Crippen molar-refractivity contribution in [1.29, 1.82) is 0 Å². The predicted molar refractivity (Wildman–Crippen MR) is 71.3 cm³/mol. The van der Waals surface area contributed by atoms with E-state index in [1.807, 2.05) is 6.92 Å². The Labute approximate surface area is 109 Å². The Hall–Kier alpha value is -1.04. The van der Waals surface area contributed by atoms with Crippen LogP contribution in [0.4, 0.5) is 5.69 Å². The molecule has 1 aromatic heterocycles. The summed E-state index contributed by atoms with van der Waals surface area (Å²) in [5.74, 6) is 0. The second kappa shape index (κ2) is 4.68. The SMILES string of the molecule is Cc1ccc(NS(=O)(=O)c2cccs2)c(Cl)c1. The summed E-state index contributed by atoms with van der Waals surface area (Å²) in [6, 6.07) is 8.42. The van der Waals surface area contributed by atoms with E-state index in [0.717, 1.165) is 16.9 Å². The molecule has 0 radical (unpaired) electrons. The summed E-state index contributed by atoms with van der Waals surface area (Å²) in [6.45, 7) is 1.89. The van der Waals surface area contributed by atoms with Crippen molar-refractivity contribution in [1.82, 2.24) is 0 Å². The molecule has 0 spiro atoms. The van der Waals surface area contributed by atoms with Crippen LogP contribution in [0, 0.1) is 6.92 Å². The van der Waals surface area contributed by atoms with Gasteiger partial charge in [-0.25, -0.2) is 8.42 Å². The van der Waals surface area contributed by atoms with Crippen molar-refractivity contribution in [3.63, 3.8) is 0 Å². The highest BCUT2D eigenvalue weighted by molar-refractivity contribution is 7.94. The minimum Gasteiger partial charge on any atom is -0.277 e. The van der Waals surface area contributed by atoms with Crippen LogP contribution < -0.4 is 4.72 Å². The topological polar surface area (TPSA) is 46.2 Å². The summed E-state index contributed by atoms with van der Waals surface area (Å²) in [4.78, 5) is 0. The molecule has 0 aliphatic rings. The van der Waals surface area contributed by atoms with Gasteiger partial charge in [-0.1, -0.05) is 23.7 Å². The standard InChI is InChI=1S/C11H10ClNO2S2/c1-8-4-5-10(9(12)7-8)13-17(14,15)11-3-2-6-16-11/h2-7,13H,1H3. The Bertz CT molecular complexity index is 621. The van der Waals surface area contributed by atoms with E-state index < -0.39 is 10.0 Å². The zero-order valence-corrected chi connectivity index (χ0v) is 11.4. The molecule has 0 atom stereocenters. The van der Waals surface area contributed by atoms with Gasteiger partial charge < -0.3 is 0 Å². The molecule has 1 heterocycles. The van der Waals surface area contributed by atoms with Crippen LogP contribution in [0.25, 0.3) is 0 Å². The Morgan fingerprint density at radius 3 is 2.65 bits per heavy atom. The van der Waals surface area contributed by atoms with Gasteiger partial charge in [0.05, 0.1) is 10.7 Å². The molecule has 17 heavy (non-hydrogen) atoms. The van der Waals surface area contributed by atoms with Gasteiger partial charge >= 0.3 is 0 Å². The molecule has 1 aromatic carbocycles. The number of hydrogen-bond donors (Lipinski definition) is 1. The number of nitrogens with one attached hydrogen (secondary N) is 1. The van der Waals surface area contributed by atoms with Crippen molar-refractivity contribution in [3.05, 3.63) is 46.3 Å². The van der Waals surface area contributed by atoms with E-state index >= 15 is 0 Å². The molecule has 0 bridgehead atoms. The van der Waals surface area contributed by atoms with Gasteiger partial charge in [-0.05, 0) is 36.1 Å². The van der Waals surface area contributed by atoms with Crippen molar-refractivity contribution in [2.75, 3.05) is 4.72 Å². The van der Waals surface area contributed by atoms with E-state index in [4.69, 9.17) is 11.6 Å². The highest BCUT2D eigenvalue weighted by Crippen LogP contribution is 2.26. The third-order valence-corrected chi connectivity index (χ3v) is 5.20. The van der Waals surface area contributed by atoms with Crippen LogP contribution in [0.5, 0.6) is 0 Å². The Morgan fingerprint density at radius 1 is 1.29 bits per heavy atom. The number of rotatable bonds is 3. The normalized spacial score (nSPS) is 11.4. The van der Waals surface area contributed by atoms with Crippen molar-refractivity contribution in [3.8, 4) is 0 Å². The lowest BCUT2D eigenvalue weighted by molar-refractivity contribution is 0.603. The average Bonchev–Trinajstić information content (AvgIpc) is 2.76. The van der Waals surface area contributed by atoms with E-state index in [-0.39, 0.29) is 4.21 Å². The summed E-state index contributed by atoms with van der Waals surface area (Å²) < 4.78 is 26.6. The first-order chi connectivity index (χ1) is 7.99. The van der Waals surface area contributed by atoms with Gasteiger partial charge in [-0.15, -0.1) is 11.3 Å². The van der Waals surface area contributed by atoms with E-state index in [0.29, 0.717) is 10.7 Å². The average molecular weight is 288 g/mol. The third kappa shape index (κ3) is 2.80. The van der Waals surface area contributed by atoms with Crippen LogP contribution >= 0.6 is 22.9 Å². The largest absolute Gasteiger partial charge is 0.277 e. The fourth-order valence-corrected chi connectivity index (χ4v) is 3.73. The summed E-state index contributed by atoms with van der Waals surface area (Å²) in [5.41, 5.74) is 1.37. The summed E-state index contributed by atoms with van der Waals surface area (Å²) in [5, 5.41) is 2.11. The zero-order chi connectivity index (χ0) is 12.5. The highest BCUT2D eigenvalue weighted by Gasteiger charge is 2.16. The molecule has 0 fully saturated rings. The number of sulfonamides is 1. The second-order valence-corrected chi connectivity index (χ2v) is 6.79. The van der Waals surface area contributed by atoms with Gasteiger partial charge in [0.2, 0.25) is 0 Å². The fraction of sp³-hybridized carbons (Fsp3) is 0.0909. The summed E-state index contributed by atoms with van der Waals surface area (Å²) in [6.07, 6.45) is 0. The molecule has 0 amide bonds. The third-order valence-electron chi connectivity index (χ3n) is 2.13. The fourth-order valence-electron chi connectivity index (χ4n) is 1.31. The Balaban J connectivity index is 2.33. The van der Waals surface area contributed by atoms with E-state index in [9.17, 15) is 8.42 Å². The number of benzene rings is 1. The zero-order valence-electron chi connectivity index (χ0n) is 8.98. The van der Waals surface area contributed by atoms with Crippen LogP contribution in [0.3, 0.4) is 0 Å². The molecule has 1 N–H and O–H groups in total. The molecule has 0 saturated carbocycles. The first kappa shape index (κ1) is 12.4. The minimum absolute atomic E-state index is 0.272. The molecule has 0 aliphatic heterocycles. The maximum Gasteiger partial charge on any atom is 0.271 e. The molecular formula is C11H10ClNO2S2. The number of anilines is 1. The molecule has 0 saturated heterocycles. The number of hydrogen-bond acceptors (Lipinski definition) is 3. The lowest BCUT2D eigenvalue weighted by atomic mass is 10.2. The van der Waals surface area contributed by atoms with Gasteiger partial charge in [-0.3, -0.25) is 4.72 Å². The number of halogens is 1. The molecule has 2 rings (SSSR count). The first-order valence-electron chi connectivity index (χ1n) is 4.81. The van der Waals surface area contributed by atoms with Crippen LogP contribution in [-0.2, 0) is 10.0 Å². The highest BCUT2D eigenvalue weighted by atomic mass is 35.5. The lowest BCUT2D eigenvalue weighted by Crippen LogP contribution is -2.11. The Kier molecular flexibility index (Phi) is 3.42. The molecular weight excluding hydrogens is 278 g/mol. The molecule has 0 aliphatic carbocycles. The van der Waals surface area contributed by atoms with Gasteiger partial charge in [0.1, 0.15) is 4.21 Å². The van der Waals surface area contributed by atoms with Crippen LogP contribution in [0.15, 0.2) is 39.9 Å². The predicted octanol–water partition coefficient (Wildman–Crippen LogP) is 3.51. The maximum absolute atomic E-state index is 11.9. The van der Waals surface area contributed by atoms with E-state index in [1.54, 1.807) is 35.7 Å². The van der Waals surface area contributed by atoms with Gasteiger partial charge in [0, 0.05) is 0 Å². The van der Waals surface area contributed by atoms with E-state index in [2.05, 4.69) is 4.72 Å². The molecule has 6 heteroatoms. The number of aryl methyl sites for hydroxylation is 1. The van der Waals surface area contributed by atoms with Gasteiger partial charge in [0.25, 0.3) is 10.0 Å².